The van der Waals surface area contributed by atoms with Gasteiger partial charge in [-0.3, -0.25) is 10.1 Å². The van der Waals surface area contributed by atoms with Gasteiger partial charge in [-0.2, -0.15) is 0 Å². The Hall–Kier alpha value is -1.33. The Morgan fingerprint density at radius 1 is 1.53 bits per heavy atom. The van der Waals surface area contributed by atoms with Crippen LogP contribution in [-0.4, -0.2) is 24.2 Å². The Labute approximate surface area is 105 Å². The molecule has 1 aromatic carbocycles. The van der Waals surface area contributed by atoms with Gasteiger partial charge in [0.2, 0.25) is 0 Å². The molecule has 0 saturated heterocycles. The molecule has 6 heteroatoms. The molecule has 5 nitrogen and oxygen atoms in total. The molecule has 1 aromatic rings. The van der Waals surface area contributed by atoms with Gasteiger partial charge < -0.3 is 10.1 Å². The molecular weight excluding hydrogens is 244 g/mol. The van der Waals surface area contributed by atoms with Crippen molar-refractivity contribution in [3.8, 4) is 0 Å². The van der Waals surface area contributed by atoms with E-state index < -0.39 is 10.5 Å². The number of nitrogens with one attached hydrogen (secondary N) is 1. The van der Waals surface area contributed by atoms with Gasteiger partial charge in [-0.1, -0.05) is 11.6 Å². The van der Waals surface area contributed by atoms with Gasteiger partial charge in [0, 0.05) is 18.2 Å². The smallest absolute Gasteiger partial charge is 0.292 e. The largest absolute Gasteiger partial charge is 0.382 e. The summed E-state index contributed by atoms with van der Waals surface area (Å²) >= 11 is 5.83. The van der Waals surface area contributed by atoms with Gasteiger partial charge in [-0.05, 0) is 26.0 Å². The van der Waals surface area contributed by atoms with Gasteiger partial charge >= 0.3 is 0 Å². The van der Waals surface area contributed by atoms with Gasteiger partial charge in [0.25, 0.3) is 5.69 Å². The average molecular weight is 259 g/mol. The molecule has 0 unspecified atom stereocenters. The summed E-state index contributed by atoms with van der Waals surface area (Å²) in [6.45, 7) is 4.21. The van der Waals surface area contributed by atoms with E-state index in [0.29, 0.717) is 17.3 Å². The molecule has 1 rings (SSSR count). The summed E-state index contributed by atoms with van der Waals surface area (Å²) in [5.74, 6) is 0. The number of hydrogen-bond acceptors (Lipinski definition) is 4. The number of ether oxygens (including phenoxy) is 1. The Morgan fingerprint density at radius 3 is 2.71 bits per heavy atom. The molecule has 0 bridgehead atoms. The lowest BCUT2D eigenvalue weighted by molar-refractivity contribution is -0.384. The fourth-order valence-corrected chi connectivity index (χ4v) is 1.70. The SMILES string of the molecule is COCC(C)(C)Nc1cc(Cl)ccc1[N+](=O)[O-]. The van der Waals surface area contributed by atoms with Crippen LogP contribution in [0, 0.1) is 10.1 Å². The van der Waals surface area contributed by atoms with E-state index in [-0.39, 0.29) is 5.69 Å². The number of anilines is 1. The van der Waals surface area contributed by atoms with Crippen molar-refractivity contribution >= 4 is 23.0 Å². The number of halogens is 1. The second-order valence-corrected chi connectivity index (χ2v) is 4.80. The quantitative estimate of drug-likeness (QED) is 0.651. The van der Waals surface area contributed by atoms with Crippen LogP contribution in [-0.2, 0) is 4.74 Å². The first kappa shape index (κ1) is 13.7. The second-order valence-electron chi connectivity index (χ2n) is 4.36. The molecule has 0 atom stereocenters. The van der Waals surface area contributed by atoms with Crippen molar-refractivity contribution < 1.29 is 9.66 Å². The lowest BCUT2D eigenvalue weighted by Gasteiger charge is -2.26. The second kappa shape index (κ2) is 5.33. The molecule has 17 heavy (non-hydrogen) atoms. The average Bonchev–Trinajstić information content (AvgIpc) is 2.15. The zero-order chi connectivity index (χ0) is 13.1. The third-order valence-electron chi connectivity index (χ3n) is 2.13. The Bertz CT molecular complexity index is 421. The standard InChI is InChI=1S/C11H15ClN2O3/c1-11(2,7-17-3)13-9-6-8(12)4-5-10(9)14(15)16/h4-6,13H,7H2,1-3H3. The van der Waals surface area contributed by atoms with Gasteiger partial charge in [-0.15, -0.1) is 0 Å². The van der Waals surface area contributed by atoms with Crippen molar-refractivity contribution in [2.24, 2.45) is 0 Å². The first-order valence-electron chi connectivity index (χ1n) is 5.07. The number of hydrogen-bond donors (Lipinski definition) is 1. The van der Waals surface area contributed by atoms with Crippen molar-refractivity contribution in [3.63, 3.8) is 0 Å². The molecule has 0 fully saturated rings. The molecule has 94 valence electrons. The maximum atomic E-state index is 10.9. The summed E-state index contributed by atoms with van der Waals surface area (Å²) in [7, 11) is 1.58. The molecule has 0 aromatic heterocycles. The van der Waals surface area contributed by atoms with Gasteiger partial charge in [-0.25, -0.2) is 0 Å². The highest BCUT2D eigenvalue weighted by Gasteiger charge is 2.22. The summed E-state index contributed by atoms with van der Waals surface area (Å²) in [6, 6.07) is 4.42. The zero-order valence-electron chi connectivity index (χ0n) is 9.99. The minimum absolute atomic E-state index is 0.00132. The van der Waals surface area contributed by atoms with Crippen LogP contribution in [0.15, 0.2) is 18.2 Å². The van der Waals surface area contributed by atoms with Gasteiger partial charge in [0.05, 0.1) is 17.1 Å². The van der Waals surface area contributed by atoms with Crippen LogP contribution in [0.3, 0.4) is 0 Å². The van der Waals surface area contributed by atoms with Crippen molar-refractivity contribution in [1.29, 1.82) is 0 Å². The molecule has 0 radical (unpaired) electrons. The number of nitro groups is 1. The van der Waals surface area contributed by atoms with Crippen LogP contribution >= 0.6 is 11.6 Å². The number of methoxy groups -OCH3 is 1. The number of nitrogens with zero attached hydrogens (tertiary/aromatic N) is 1. The monoisotopic (exact) mass is 258 g/mol. The van der Waals surface area contributed by atoms with E-state index in [4.69, 9.17) is 16.3 Å². The highest BCUT2D eigenvalue weighted by molar-refractivity contribution is 6.31. The van der Waals surface area contributed by atoms with E-state index >= 15 is 0 Å². The summed E-state index contributed by atoms with van der Waals surface area (Å²) in [5, 5.41) is 14.4. The molecule has 0 aliphatic rings. The molecule has 0 spiro atoms. The molecule has 0 aliphatic heterocycles. The van der Waals surface area contributed by atoms with Crippen LogP contribution in [0.1, 0.15) is 13.8 Å². The molecule has 0 heterocycles. The molecule has 0 amide bonds. The van der Waals surface area contributed by atoms with E-state index in [1.165, 1.54) is 18.2 Å². The molecule has 0 saturated carbocycles. The van der Waals surface area contributed by atoms with Gasteiger partial charge in [0.15, 0.2) is 0 Å². The summed E-state index contributed by atoms with van der Waals surface area (Å²) < 4.78 is 5.04. The van der Waals surface area contributed by atoms with E-state index in [9.17, 15) is 10.1 Å². The molecule has 0 aliphatic carbocycles. The van der Waals surface area contributed by atoms with E-state index in [1.807, 2.05) is 13.8 Å². The van der Waals surface area contributed by atoms with Crippen LogP contribution in [0.5, 0.6) is 0 Å². The number of benzene rings is 1. The van der Waals surface area contributed by atoms with Crippen LogP contribution < -0.4 is 5.32 Å². The van der Waals surface area contributed by atoms with Crippen molar-refractivity contribution in [2.75, 3.05) is 19.0 Å². The van der Waals surface area contributed by atoms with E-state index in [1.54, 1.807) is 7.11 Å². The summed E-state index contributed by atoms with van der Waals surface area (Å²) in [6.07, 6.45) is 0. The lowest BCUT2D eigenvalue weighted by Crippen LogP contribution is -2.36. The number of nitro benzene ring substituents is 1. The Kier molecular flexibility index (Phi) is 4.31. The maximum absolute atomic E-state index is 10.9. The maximum Gasteiger partial charge on any atom is 0.292 e. The fourth-order valence-electron chi connectivity index (χ4n) is 1.53. The normalized spacial score (nSPS) is 11.3. The topological polar surface area (TPSA) is 64.4 Å². The third kappa shape index (κ3) is 3.87. The highest BCUT2D eigenvalue weighted by atomic mass is 35.5. The van der Waals surface area contributed by atoms with E-state index in [2.05, 4.69) is 5.32 Å². The predicted octanol–water partition coefficient (Wildman–Crippen LogP) is 3.09. The Balaban J connectivity index is 3.04. The van der Waals surface area contributed by atoms with Crippen molar-refractivity contribution in [1.82, 2.24) is 0 Å². The van der Waals surface area contributed by atoms with Gasteiger partial charge in [0.1, 0.15) is 5.69 Å². The summed E-state index contributed by atoms with van der Waals surface area (Å²) in [5.41, 5.74) is -0.0207. The predicted molar refractivity (Wildman–Crippen MR) is 67.7 cm³/mol. The fraction of sp³-hybridized carbons (Fsp3) is 0.455. The van der Waals surface area contributed by atoms with E-state index in [0.717, 1.165) is 0 Å². The molecular formula is C11H15ClN2O3. The van der Waals surface area contributed by atoms with Crippen LogP contribution in [0.2, 0.25) is 5.02 Å². The Morgan fingerprint density at radius 2 is 2.18 bits per heavy atom. The first-order chi connectivity index (χ1) is 7.85. The van der Waals surface area contributed by atoms with Crippen molar-refractivity contribution in [3.05, 3.63) is 33.3 Å². The third-order valence-corrected chi connectivity index (χ3v) is 2.37. The van der Waals surface area contributed by atoms with Crippen LogP contribution in [0.25, 0.3) is 0 Å². The highest BCUT2D eigenvalue weighted by Crippen LogP contribution is 2.29. The number of rotatable bonds is 5. The summed E-state index contributed by atoms with van der Waals surface area (Å²) in [4.78, 5) is 10.4. The zero-order valence-corrected chi connectivity index (χ0v) is 10.7. The minimum atomic E-state index is -0.443. The first-order valence-corrected chi connectivity index (χ1v) is 5.44. The van der Waals surface area contributed by atoms with Crippen LogP contribution in [0.4, 0.5) is 11.4 Å². The molecule has 1 N–H and O–H groups in total. The lowest BCUT2D eigenvalue weighted by atomic mass is 10.1. The van der Waals surface area contributed by atoms with Crippen molar-refractivity contribution in [2.45, 2.75) is 19.4 Å². The minimum Gasteiger partial charge on any atom is -0.382 e.